The predicted octanol–water partition coefficient (Wildman–Crippen LogP) is 2.66. The van der Waals surface area contributed by atoms with Crippen LogP contribution in [0.2, 0.25) is 0 Å². The van der Waals surface area contributed by atoms with Gasteiger partial charge in [-0.15, -0.1) is 0 Å². The van der Waals surface area contributed by atoms with Crippen LogP contribution in [0.4, 0.5) is 4.79 Å². The summed E-state index contributed by atoms with van der Waals surface area (Å²) in [5.41, 5.74) is 0.948. The van der Waals surface area contributed by atoms with E-state index >= 15 is 0 Å². The van der Waals surface area contributed by atoms with Gasteiger partial charge in [0.1, 0.15) is 5.70 Å². The van der Waals surface area contributed by atoms with Crippen molar-refractivity contribution in [3.05, 3.63) is 27.0 Å². The van der Waals surface area contributed by atoms with Crippen LogP contribution in [-0.4, -0.2) is 25.2 Å². The van der Waals surface area contributed by atoms with E-state index in [0.717, 1.165) is 15.6 Å². The summed E-state index contributed by atoms with van der Waals surface area (Å²) in [7, 11) is 1.57. The van der Waals surface area contributed by atoms with Crippen molar-refractivity contribution < 1.29 is 19.1 Å². The minimum Gasteiger partial charge on any atom is -0.493 e. The monoisotopic (exact) mass is 416 g/mol. The van der Waals surface area contributed by atoms with Crippen LogP contribution in [0.15, 0.2) is 17.8 Å². The molecule has 1 aliphatic rings. The number of hydrogen-bond acceptors (Lipinski definition) is 4. The van der Waals surface area contributed by atoms with Crippen LogP contribution in [0.3, 0.4) is 0 Å². The largest absolute Gasteiger partial charge is 0.493 e. The number of nitrogens with one attached hydrogen (secondary N) is 2. The highest BCUT2D eigenvalue weighted by Gasteiger charge is 2.23. The lowest BCUT2D eigenvalue weighted by molar-refractivity contribution is -0.115. The molecule has 2 N–H and O–H groups in total. The molecular weight excluding hydrogens is 399 g/mol. The Morgan fingerprint density at radius 1 is 1.32 bits per heavy atom. The first-order valence-electron chi connectivity index (χ1n) is 6.82. The first-order valence-corrected chi connectivity index (χ1v) is 7.90. The fraction of sp³-hybridized carbons (Fsp3) is 0.333. The number of carbonyl (C=O) groups is 2. The molecule has 118 valence electrons. The van der Waals surface area contributed by atoms with E-state index < -0.39 is 11.9 Å². The third-order valence-electron chi connectivity index (χ3n) is 3.18. The first-order chi connectivity index (χ1) is 10.4. The van der Waals surface area contributed by atoms with E-state index in [1.807, 2.05) is 19.9 Å². The molecule has 0 aliphatic carbocycles. The van der Waals surface area contributed by atoms with Crippen molar-refractivity contribution in [3.8, 4) is 11.5 Å². The summed E-state index contributed by atoms with van der Waals surface area (Å²) >= 11 is 2.16. The van der Waals surface area contributed by atoms with Gasteiger partial charge in [0.25, 0.3) is 5.91 Å². The molecule has 3 amide bonds. The Labute approximate surface area is 142 Å². The molecule has 1 aromatic carbocycles. The van der Waals surface area contributed by atoms with Crippen molar-refractivity contribution in [2.24, 2.45) is 0 Å². The maximum Gasteiger partial charge on any atom is 0.326 e. The highest BCUT2D eigenvalue weighted by Crippen LogP contribution is 2.35. The lowest BCUT2D eigenvalue weighted by atomic mass is 10.1. The summed E-state index contributed by atoms with van der Waals surface area (Å²) < 4.78 is 12.1. The molecule has 7 heteroatoms. The number of methoxy groups -OCH3 is 1. The Morgan fingerprint density at radius 3 is 2.59 bits per heavy atom. The molecule has 0 aromatic heterocycles. The van der Waals surface area contributed by atoms with E-state index in [1.165, 1.54) is 0 Å². The van der Waals surface area contributed by atoms with Gasteiger partial charge in [-0.25, -0.2) is 4.79 Å². The lowest BCUT2D eigenvalue weighted by Crippen LogP contribution is -2.22. The van der Waals surface area contributed by atoms with Crippen molar-refractivity contribution in [1.29, 1.82) is 0 Å². The normalized spacial score (nSPS) is 17.2. The Balaban J connectivity index is 2.35. The van der Waals surface area contributed by atoms with E-state index in [-0.39, 0.29) is 11.8 Å². The number of benzene rings is 1. The van der Waals surface area contributed by atoms with Gasteiger partial charge >= 0.3 is 6.03 Å². The minimum atomic E-state index is -0.519. The quantitative estimate of drug-likeness (QED) is 0.440. The van der Waals surface area contributed by atoms with E-state index in [0.29, 0.717) is 11.5 Å². The maximum absolute atomic E-state index is 11.6. The fourth-order valence-corrected chi connectivity index (χ4v) is 2.62. The van der Waals surface area contributed by atoms with Gasteiger partial charge in [-0.1, -0.05) is 6.92 Å². The molecular formula is C15H17IN2O4. The number of imide groups is 1. The second-order valence-corrected chi connectivity index (χ2v) is 6.00. The summed E-state index contributed by atoms with van der Waals surface area (Å²) in [6, 6.07) is 3.12. The third-order valence-corrected chi connectivity index (χ3v) is 3.98. The van der Waals surface area contributed by atoms with Gasteiger partial charge in [-0.05, 0) is 59.7 Å². The van der Waals surface area contributed by atoms with E-state index in [1.54, 1.807) is 19.3 Å². The summed E-state index contributed by atoms with van der Waals surface area (Å²) in [6.45, 7) is 4.04. The molecule has 1 fully saturated rings. The van der Waals surface area contributed by atoms with Gasteiger partial charge in [0, 0.05) is 0 Å². The smallest absolute Gasteiger partial charge is 0.326 e. The van der Waals surface area contributed by atoms with Crippen LogP contribution in [-0.2, 0) is 4.79 Å². The summed E-state index contributed by atoms with van der Waals surface area (Å²) in [4.78, 5) is 22.7. The van der Waals surface area contributed by atoms with Crippen molar-refractivity contribution in [3.63, 3.8) is 0 Å². The summed E-state index contributed by atoms with van der Waals surface area (Å²) in [5.74, 6) is 0.821. The fourth-order valence-electron chi connectivity index (χ4n) is 1.87. The van der Waals surface area contributed by atoms with Crippen LogP contribution in [0.5, 0.6) is 11.5 Å². The van der Waals surface area contributed by atoms with Gasteiger partial charge in [0.05, 0.1) is 16.8 Å². The molecule has 0 unspecified atom stereocenters. The van der Waals surface area contributed by atoms with E-state index in [2.05, 4.69) is 33.2 Å². The zero-order chi connectivity index (χ0) is 16.3. The second kappa shape index (κ2) is 6.99. The molecule has 0 radical (unpaired) electrons. The van der Waals surface area contributed by atoms with Gasteiger partial charge < -0.3 is 14.8 Å². The third kappa shape index (κ3) is 3.70. The van der Waals surface area contributed by atoms with Crippen LogP contribution < -0.4 is 20.1 Å². The Bertz CT molecular complexity index is 643. The Morgan fingerprint density at radius 2 is 2.05 bits per heavy atom. The Kier molecular flexibility index (Phi) is 5.28. The average molecular weight is 416 g/mol. The molecule has 6 nitrogen and oxygen atoms in total. The number of hydrogen-bond donors (Lipinski definition) is 2. The topological polar surface area (TPSA) is 76.7 Å². The Hall–Kier alpha value is -1.77. The highest BCUT2D eigenvalue weighted by molar-refractivity contribution is 14.1. The molecule has 1 saturated heterocycles. The maximum atomic E-state index is 11.6. The van der Waals surface area contributed by atoms with Gasteiger partial charge in [0.15, 0.2) is 11.5 Å². The van der Waals surface area contributed by atoms with Crippen molar-refractivity contribution in [2.75, 3.05) is 7.11 Å². The van der Waals surface area contributed by atoms with Gasteiger partial charge in [-0.2, -0.15) is 0 Å². The van der Waals surface area contributed by atoms with E-state index in [9.17, 15) is 9.59 Å². The van der Waals surface area contributed by atoms with E-state index in [4.69, 9.17) is 9.47 Å². The number of urea groups is 1. The van der Waals surface area contributed by atoms with Crippen LogP contribution in [0.25, 0.3) is 6.08 Å². The lowest BCUT2D eigenvalue weighted by Gasteiger charge is -2.17. The molecule has 2 rings (SSSR count). The molecule has 0 spiro atoms. The number of halogens is 1. The number of carbonyl (C=O) groups excluding carboxylic acids is 2. The SMILES string of the molecule is CC[C@H](C)Oc1c(I)cc(/C=C2/NC(=O)NC2=O)cc1OC. The second-order valence-electron chi connectivity index (χ2n) is 4.84. The van der Waals surface area contributed by atoms with Crippen molar-refractivity contribution in [2.45, 2.75) is 26.4 Å². The molecule has 1 heterocycles. The van der Waals surface area contributed by atoms with Crippen molar-refractivity contribution >= 4 is 40.6 Å². The predicted molar refractivity (Wildman–Crippen MR) is 90.7 cm³/mol. The van der Waals surface area contributed by atoms with Crippen molar-refractivity contribution in [1.82, 2.24) is 10.6 Å². The molecule has 0 bridgehead atoms. The number of amides is 3. The molecule has 0 saturated carbocycles. The zero-order valence-electron chi connectivity index (χ0n) is 12.5. The summed E-state index contributed by atoms with van der Waals surface area (Å²) in [5, 5.41) is 4.61. The van der Waals surface area contributed by atoms with Gasteiger partial charge in [0.2, 0.25) is 0 Å². The first kappa shape index (κ1) is 16.6. The van der Waals surface area contributed by atoms with Crippen LogP contribution in [0.1, 0.15) is 25.8 Å². The van der Waals surface area contributed by atoms with Crippen LogP contribution in [0, 0.1) is 3.57 Å². The number of rotatable bonds is 5. The van der Waals surface area contributed by atoms with Gasteiger partial charge in [-0.3, -0.25) is 10.1 Å². The minimum absolute atomic E-state index is 0.0755. The average Bonchev–Trinajstić information content (AvgIpc) is 2.79. The molecule has 22 heavy (non-hydrogen) atoms. The number of ether oxygens (including phenoxy) is 2. The highest BCUT2D eigenvalue weighted by atomic mass is 127. The molecule has 1 aliphatic heterocycles. The van der Waals surface area contributed by atoms with Crippen LogP contribution >= 0.6 is 22.6 Å². The summed E-state index contributed by atoms with van der Waals surface area (Å²) in [6.07, 6.45) is 2.56. The molecule has 1 aromatic rings. The zero-order valence-corrected chi connectivity index (χ0v) is 14.7. The standard InChI is InChI=1S/C15H17IN2O4/c1-4-8(2)22-13-10(16)5-9(7-12(13)21-3)6-11-14(19)18-15(20)17-11/h5-8H,4H2,1-3H3,(H2,17,18,19,20)/b11-6+/t8-/m0/s1. The molecule has 1 atom stereocenters.